The number of ether oxygens (including phenoxy) is 1. The zero-order valence-electron chi connectivity index (χ0n) is 10.1. The molecule has 0 radical (unpaired) electrons. The molecule has 1 atom stereocenters. The zero-order chi connectivity index (χ0) is 13.7. The number of benzene rings is 1. The Balaban J connectivity index is 2.71. The van der Waals surface area contributed by atoms with E-state index in [0.29, 0.717) is 13.2 Å². The summed E-state index contributed by atoms with van der Waals surface area (Å²) in [4.78, 5) is 13.4. The summed E-state index contributed by atoms with van der Waals surface area (Å²) in [5.41, 5.74) is 0.237. The van der Waals surface area contributed by atoms with Gasteiger partial charge in [0, 0.05) is 26.3 Å². The molecule has 0 heterocycles. The fourth-order valence-electron chi connectivity index (χ4n) is 1.46. The van der Waals surface area contributed by atoms with Gasteiger partial charge in [0.05, 0.1) is 17.0 Å². The molecule has 0 aliphatic heterocycles. The van der Waals surface area contributed by atoms with Crippen molar-refractivity contribution < 1.29 is 13.9 Å². The largest absolute Gasteiger partial charge is 0.383 e. The molecule has 6 heteroatoms. The van der Waals surface area contributed by atoms with Gasteiger partial charge in [-0.3, -0.25) is 4.79 Å². The van der Waals surface area contributed by atoms with Crippen LogP contribution in [0.5, 0.6) is 0 Å². The lowest BCUT2D eigenvalue weighted by molar-refractivity contribution is 0.0781. The highest BCUT2D eigenvalue weighted by Gasteiger charge is 2.16. The van der Waals surface area contributed by atoms with E-state index < -0.39 is 5.82 Å². The Morgan fingerprint density at radius 1 is 1.56 bits per heavy atom. The van der Waals surface area contributed by atoms with Crippen molar-refractivity contribution in [1.29, 1.82) is 0 Å². The first kappa shape index (κ1) is 15.2. The summed E-state index contributed by atoms with van der Waals surface area (Å²) in [6.45, 7) is 0.659. The molecule has 1 unspecified atom stereocenters. The van der Waals surface area contributed by atoms with Crippen LogP contribution in [0.2, 0.25) is 5.02 Å². The fourth-order valence-corrected chi connectivity index (χ4v) is 1.91. The van der Waals surface area contributed by atoms with Gasteiger partial charge in [-0.25, -0.2) is 4.39 Å². The average molecular weight is 294 g/mol. The lowest BCUT2D eigenvalue weighted by Gasteiger charge is -2.20. The standard InChI is InChI=1S/C12H14Cl2FNO2/c1-16(6-9(13)7-18-2)12(17)8-3-4-10(14)11(15)5-8/h3-5,9H,6-7H2,1-2H3. The molecule has 1 rings (SSSR count). The van der Waals surface area contributed by atoms with Gasteiger partial charge in [0.1, 0.15) is 5.82 Å². The number of hydrogen-bond acceptors (Lipinski definition) is 2. The topological polar surface area (TPSA) is 29.5 Å². The molecule has 1 aromatic rings. The van der Waals surface area contributed by atoms with Crippen LogP contribution in [0.15, 0.2) is 18.2 Å². The molecule has 0 fully saturated rings. The minimum atomic E-state index is -0.616. The lowest BCUT2D eigenvalue weighted by Crippen LogP contribution is -2.34. The minimum absolute atomic E-state index is 0.0104. The van der Waals surface area contributed by atoms with Crippen LogP contribution >= 0.6 is 23.2 Å². The van der Waals surface area contributed by atoms with Crippen molar-refractivity contribution in [3.63, 3.8) is 0 Å². The van der Waals surface area contributed by atoms with E-state index in [1.807, 2.05) is 0 Å². The van der Waals surface area contributed by atoms with E-state index in [4.69, 9.17) is 27.9 Å². The van der Waals surface area contributed by atoms with Crippen molar-refractivity contribution >= 4 is 29.1 Å². The van der Waals surface area contributed by atoms with Crippen LogP contribution in [-0.2, 0) is 4.74 Å². The molecule has 0 aliphatic rings. The summed E-state index contributed by atoms with van der Waals surface area (Å²) < 4.78 is 18.1. The van der Waals surface area contributed by atoms with E-state index in [1.165, 1.54) is 24.1 Å². The summed E-state index contributed by atoms with van der Waals surface area (Å²) in [7, 11) is 3.13. The van der Waals surface area contributed by atoms with Crippen LogP contribution in [0.1, 0.15) is 10.4 Å². The van der Waals surface area contributed by atoms with Crippen LogP contribution in [0.25, 0.3) is 0 Å². The van der Waals surface area contributed by atoms with Gasteiger partial charge in [-0.15, -0.1) is 11.6 Å². The SMILES string of the molecule is COCC(Cl)CN(C)C(=O)c1ccc(Cl)c(F)c1. The fraction of sp³-hybridized carbons (Fsp3) is 0.417. The first-order valence-electron chi connectivity index (χ1n) is 5.29. The van der Waals surface area contributed by atoms with Gasteiger partial charge in [-0.2, -0.15) is 0 Å². The summed E-state index contributed by atoms with van der Waals surface area (Å²) in [6, 6.07) is 3.94. The van der Waals surface area contributed by atoms with Gasteiger partial charge in [0.15, 0.2) is 0 Å². The van der Waals surface area contributed by atoms with E-state index in [2.05, 4.69) is 0 Å². The van der Waals surface area contributed by atoms with Gasteiger partial charge in [-0.1, -0.05) is 11.6 Å². The van der Waals surface area contributed by atoms with Gasteiger partial charge < -0.3 is 9.64 Å². The van der Waals surface area contributed by atoms with Crippen molar-refractivity contribution in [3.05, 3.63) is 34.6 Å². The highest BCUT2D eigenvalue weighted by molar-refractivity contribution is 6.30. The van der Waals surface area contributed by atoms with Crippen molar-refractivity contribution in [2.45, 2.75) is 5.38 Å². The molecule has 0 N–H and O–H groups in total. The van der Waals surface area contributed by atoms with Crippen LogP contribution in [-0.4, -0.2) is 43.5 Å². The van der Waals surface area contributed by atoms with Crippen molar-refractivity contribution in [3.8, 4) is 0 Å². The van der Waals surface area contributed by atoms with E-state index in [1.54, 1.807) is 7.05 Å². The Morgan fingerprint density at radius 3 is 2.78 bits per heavy atom. The molecular weight excluding hydrogens is 280 g/mol. The maximum atomic E-state index is 13.2. The maximum Gasteiger partial charge on any atom is 0.253 e. The summed E-state index contributed by atoms with van der Waals surface area (Å²) in [5, 5.41) is -0.315. The van der Waals surface area contributed by atoms with Gasteiger partial charge in [0.2, 0.25) is 0 Å². The van der Waals surface area contributed by atoms with Crippen LogP contribution in [0.3, 0.4) is 0 Å². The molecule has 18 heavy (non-hydrogen) atoms. The number of hydrogen-bond donors (Lipinski definition) is 0. The normalized spacial score (nSPS) is 12.3. The van der Waals surface area contributed by atoms with Crippen molar-refractivity contribution in [1.82, 2.24) is 4.90 Å². The van der Waals surface area contributed by atoms with E-state index in [9.17, 15) is 9.18 Å². The van der Waals surface area contributed by atoms with Crippen molar-refractivity contribution in [2.75, 3.05) is 27.3 Å². The van der Waals surface area contributed by atoms with Gasteiger partial charge >= 0.3 is 0 Å². The van der Waals surface area contributed by atoms with Crippen LogP contribution < -0.4 is 0 Å². The van der Waals surface area contributed by atoms with Crippen LogP contribution in [0.4, 0.5) is 4.39 Å². The molecule has 0 aliphatic carbocycles. The maximum absolute atomic E-state index is 13.2. The number of carbonyl (C=O) groups excluding carboxylic acids is 1. The molecule has 0 bridgehead atoms. The lowest BCUT2D eigenvalue weighted by atomic mass is 10.2. The number of alkyl halides is 1. The number of rotatable bonds is 5. The number of carbonyl (C=O) groups is 1. The summed E-state index contributed by atoms with van der Waals surface area (Å²) in [5.74, 6) is -0.928. The quantitative estimate of drug-likeness (QED) is 0.782. The Morgan fingerprint density at radius 2 is 2.22 bits per heavy atom. The predicted octanol–water partition coefficient (Wildman–Crippen LogP) is 2.80. The summed E-state index contributed by atoms with van der Waals surface area (Å²) >= 11 is 11.5. The predicted molar refractivity (Wildman–Crippen MR) is 69.9 cm³/mol. The summed E-state index contributed by atoms with van der Waals surface area (Å²) in [6.07, 6.45) is 0. The third-order valence-electron chi connectivity index (χ3n) is 2.33. The molecule has 1 amide bonds. The average Bonchev–Trinajstić information content (AvgIpc) is 2.32. The van der Waals surface area contributed by atoms with E-state index in [-0.39, 0.29) is 21.9 Å². The van der Waals surface area contributed by atoms with Crippen LogP contribution in [0, 0.1) is 5.82 Å². The van der Waals surface area contributed by atoms with Gasteiger partial charge in [-0.05, 0) is 18.2 Å². The Bertz CT molecular complexity index is 429. The monoisotopic (exact) mass is 293 g/mol. The second kappa shape index (κ2) is 6.92. The molecular formula is C12H14Cl2FNO2. The first-order chi connectivity index (χ1) is 8.45. The van der Waals surface area contributed by atoms with Crippen molar-refractivity contribution in [2.24, 2.45) is 0 Å². The highest BCUT2D eigenvalue weighted by atomic mass is 35.5. The molecule has 0 saturated heterocycles. The Hall–Kier alpha value is -0.840. The molecule has 3 nitrogen and oxygen atoms in total. The first-order valence-corrected chi connectivity index (χ1v) is 6.10. The highest BCUT2D eigenvalue weighted by Crippen LogP contribution is 2.16. The third-order valence-corrected chi connectivity index (χ3v) is 2.90. The number of amides is 1. The van der Waals surface area contributed by atoms with E-state index >= 15 is 0 Å². The number of methoxy groups -OCH3 is 1. The molecule has 1 aromatic carbocycles. The van der Waals surface area contributed by atoms with Gasteiger partial charge in [0.25, 0.3) is 5.91 Å². The molecule has 0 spiro atoms. The molecule has 0 saturated carbocycles. The Labute approximate surface area is 115 Å². The second-order valence-electron chi connectivity index (χ2n) is 3.87. The molecule has 0 aromatic heterocycles. The third kappa shape index (κ3) is 4.12. The Kier molecular flexibility index (Phi) is 5.85. The smallest absolute Gasteiger partial charge is 0.253 e. The second-order valence-corrected chi connectivity index (χ2v) is 4.89. The zero-order valence-corrected chi connectivity index (χ0v) is 11.6. The number of nitrogens with zero attached hydrogens (tertiary/aromatic N) is 1. The molecule has 100 valence electrons. The number of halogens is 3. The van der Waals surface area contributed by atoms with E-state index in [0.717, 1.165) is 6.07 Å². The minimum Gasteiger partial charge on any atom is -0.383 e.